The molecule has 1 N–H and O–H groups in total. The van der Waals surface area contributed by atoms with Gasteiger partial charge in [0.1, 0.15) is 0 Å². The van der Waals surface area contributed by atoms with E-state index in [0.717, 1.165) is 6.08 Å². The van der Waals surface area contributed by atoms with Crippen LogP contribution in [0.3, 0.4) is 0 Å². The topological polar surface area (TPSA) is 38.7 Å². The molecule has 0 aromatic heterocycles. The predicted octanol–water partition coefficient (Wildman–Crippen LogP) is 0.932. The lowest BCUT2D eigenvalue weighted by Crippen LogP contribution is -2.10. The number of rotatable bonds is 5. The minimum atomic E-state index is -2.90. The van der Waals surface area contributed by atoms with Crippen LogP contribution in [0.4, 0.5) is 0 Å². The first-order chi connectivity index (χ1) is 7.16. The van der Waals surface area contributed by atoms with E-state index in [1.54, 1.807) is 0 Å². The van der Waals surface area contributed by atoms with Crippen molar-refractivity contribution >= 4 is 0 Å². The fraction of sp³-hybridized carbons (Fsp3) is 0.750. The highest BCUT2D eigenvalue weighted by Gasteiger charge is 1.99. The van der Waals surface area contributed by atoms with Crippen molar-refractivity contribution in [2.24, 2.45) is 0 Å². The van der Waals surface area contributed by atoms with Crippen LogP contribution in [-0.2, 0) is 9.47 Å². The molecule has 3 nitrogen and oxygen atoms in total. The molecular formula is C8H16O3. The largest absolute Gasteiger partial charge is 0.389 e. The quantitative estimate of drug-likeness (QED) is 0.486. The van der Waals surface area contributed by atoms with E-state index in [1.807, 2.05) is 0 Å². The van der Waals surface area contributed by atoms with Crippen LogP contribution < -0.4 is 0 Å². The number of hydrogen-bond donors (Lipinski definition) is 1. The Bertz CT molecular complexity index is 234. The first kappa shape index (κ1) is 4.60. The van der Waals surface area contributed by atoms with Gasteiger partial charge in [-0.1, -0.05) is 12.9 Å². The molecule has 0 fully saturated rings. The van der Waals surface area contributed by atoms with Gasteiger partial charge in [-0.05, 0) is 12.4 Å². The molecule has 0 aliphatic carbocycles. The SMILES string of the molecule is [2H]C([2H])([2H])C([2H])([2H])C(O)C=CC(OC)OC. The Morgan fingerprint density at radius 3 is 2.64 bits per heavy atom. The predicted molar refractivity (Wildman–Crippen MR) is 43.2 cm³/mol. The minimum absolute atomic E-state index is 0.748. The summed E-state index contributed by atoms with van der Waals surface area (Å²) in [5.41, 5.74) is 0. The molecule has 0 aliphatic heterocycles. The molecule has 1 atom stereocenters. The zero-order valence-electron chi connectivity index (χ0n) is 11.6. The highest BCUT2D eigenvalue weighted by molar-refractivity contribution is 4.90. The summed E-state index contributed by atoms with van der Waals surface area (Å²) in [6.07, 6.45) is -2.97. The van der Waals surface area contributed by atoms with Crippen molar-refractivity contribution in [3.63, 3.8) is 0 Å². The second-order valence-electron chi connectivity index (χ2n) is 1.81. The van der Waals surface area contributed by atoms with Crippen molar-refractivity contribution in [3.8, 4) is 0 Å². The van der Waals surface area contributed by atoms with Crippen molar-refractivity contribution < 1.29 is 21.4 Å². The summed E-state index contributed by atoms with van der Waals surface area (Å²) >= 11 is 0. The van der Waals surface area contributed by atoms with Gasteiger partial charge in [-0.2, -0.15) is 0 Å². The van der Waals surface area contributed by atoms with Gasteiger partial charge in [0, 0.05) is 21.1 Å². The zero-order valence-corrected chi connectivity index (χ0v) is 6.57. The molecule has 0 radical (unpaired) electrons. The minimum Gasteiger partial charge on any atom is -0.389 e. The van der Waals surface area contributed by atoms with E-state index in [0.29, 0.717) is 0 Å². The average Bonchev–Trinajstić information content (AvgIpc) is 2.17. The third kappa shape index (κ3) is 4.95. The summed E-state index contributed by atoms with van der Waals surface area (Å²) in [7, 11) is 2.73. The number of ether oxygens (including phenoxy) is 2. The van der Waals surface area contributed by atoms with E-state index in [-0.39, 0.29) is 0 Å². The van der Waals surface area contributed by atoms with Gasteiger partial charge in [0.05, 0.1) is 6.10 Å². The van der Waals surface area contributed by atoms with E-state index in [1.165, 1.54) is 20.3 Å². The van der Waals surface area contributed by atoms with Gasteiger partial charge < -0.3 is 14.6 Å². The molecule has 0 bridgehead atoms. The Balaban J connectivity index is 4.63. The van der Waals surface area contributed by atoms with Crippen molar-refractivity contribution in [1.29, 1.82) is 0 Å². The maximum absolute atomic E-state index is 9.42. The summed E-state index contributed by atoms with van der Waals surface area (Å²) in [5, 5.41) is 9.42. The molecule has 11 heavy (non-hydrogen) atoms. The van der Waals surface area contributed by atoms with Gasteiger partial charge >= 0.3 is 0 Å². The summed E-state index contributed by atoms with van der Waals surface area (Å²) in [4.78, 5) is 0. The van der Waals surface area contributed by atoms with Gasteiger partial charge in [-0.15, -0.1) is 0 Å². The second-order valence-corrected chi connectivity index (χ2v) is 1.81. The number of aliphatic hydroxyl groups is 1. The lowest BCUT2D eigenvalue weighted by molar-refractivity contribution is -0.0671. The van der Waals surface area contributed by atoms with Gasteiger partial charge in [0.25, 0.3) is 0 Å². The van der Waals surface area contributed by atoms with Crippen molar-refractivity contribution in [1.82, 2.24) is 0 Å². The second kappa shape index (κ2) is 6.34. The lowest BCUT2D eigenvalue weighted by Gasteiger charge is -2.08. The third-order valence-electron chi connectivity index (χ3n) is 1.06. The molecule has 0 heterocycles. The van der Waals surface area contributed by atoms with Gasteiger partial charge in [-0.25, -0.2) is 0 Å². The lowest BCUT2D eigenvalue weighted by atomic mass is 10.2. The van der Waals surface area contributed by atoms with Crippen LogP contribution >= 0.6 is 0 Å². The molecule has 1 unspecified atom stereocenters. The van der Waals surface area contributed by atoms with Crippen LogP contribution in [0, 0.1) is 0 Å². The van der Waals surface area contributed by atoms with E-state index in [4.69, 9.17) is 16.3 Å². The first-order valence-corrected chi connectivity index (χ1v) is 3.08. The molecule has 0 saturated carbocycles. The van der Waals surface area contributed by atoms with Crippen LogP contribution in [0.5, 0.6) is 0 Å². The fourth-order valence-corrected chi connectivity index (χ4v) is 0.497. The Hall–Kier alpha value is -0.380. The molecule has 0 spiro atoms. The van der Waals surface area contributed by atoms with E-state index in [9.17, 15) is 5.11 Å². The molecule has 0 aromatic carbocycles. The highest BCUT2D eigenvalue weighted by atomic mass is 16.7. The summed E-state index contributed by atoms with van der Waals surface area (Å²) in [6, 6.07) is 0. The van der Waals surface area contributed by atoms with E-state index < -0.39 is 25.6 Å². The van der Waals surface area contributed by atoms with E-state index >= 15 is 0 Å². The zero-order chi connectivity index (χ0) is 13.0. The van der Waals surface area contributed by atoms with Crippen molar-refractivity contribution in [2.75, 3.05) is 14.2 Å². The monoisotopic (exact) mass is 165 g/mol. The number of methoxy groups -OCH3 is 2. The van der Waals surface area contributed by atoms with Crippen molar-refractivity contribution in [2.45, 2.75) is 25.6 Å². The Labute approximate surface area is 74.7 Å². The maximum Gasteiger partial charge on any atom is 0.176 e. The molecular weight excluding hydrogens is 144 g/mol. The summed E-state index contributed by atoms with van der Waals surface area (Å²) in [5.74, 6) is 0. The number of hydrogen-bond acceptors (Lipinski definition) is 3. The van der Waals surface area contributed by atoms with Gasteiger partial charge in [-0.3, -0.25) is 0 Å². The summed E-state index contributed by atoms with van der Waals surface area (Å²) < 4.78 is 44.9. The molecule has 0 saturated heterocycles. The van der Waals surface area contributed by atoms with Crippen LogP contribution in [0.2, 0.25) is 0 Å². The Morgan fingerprint density at radius 2 is 2.18 bits per heavy atom. The van der Waals surface area contributed by atoms with Crippen molar-refractivity contribution in [3.05, 3.63) is 12.2 Å². The molecule has 0 amide bonds. The van der Waals surface area contributed by atoms with Crippen LogP contribution in [0.25, 0.3) is 0 Å². The first-order valence-electron chi connectivity index (χ1n) is 5.58. The van der Waals surface area contributed by atoms with Crippen LogP contribution in [0.1, 0.15) is 20.1 Å². The molecule has 66 valence electrons. The molecule has 0 aromatic rings. The highest BCUT2D eigenvalue weighted by Crippen LogP contribution is 1.97. The average molecular weight is 165 g/mol. The Kier molecular flexibility index (Phi) is 2.65. The molecule has 0 aliphatic rings. The van der Waals surface area contributed by atoms with E-state index in [2.05, 4.69) is 0 Å². The molecule has 0 rings (SSSR count). The third-order valence-corrected chi connectivity index (χ3v) is 1.06. The fourth-order valence-electron chi connectivity index (χ4n) is 0.497. The normalized spacial score (nSPS) is 23.8. The van der Waals surface area contributed by atoms with Gasteiger partial charge in [0.2, 0.25) is 0 Å². The number of aliphatic hydroxyl groups excluding tert-OH is 1. The summed E-state index contributed by atoms with van der Waals surface area (Å²) in [6.45, 7) is -2.90. The van der Waals surface area contributed by atoms with Crippen LogP contribution in [-0.4, -0.2) is 31.7 Å². The Morgan fingerprint density at radius 1 is 1.55 bits per heavy atom. The van der Waals surface area contributed by atoms with Gasteiger partial charge in [0.15, 0.2) is 6.29 Å². The smallest absolute Gasteiger partial charge is 0.176 e. The van der Waals surface area contributed by atoms with Crippen LogP contribution in [0.15, 0.2) is 12.2 Å². The molecule has 3 heteroatoms. The maximum atomic E-state index is 9.42. The standard InChI is InChI=1S/C8H16O3/c1-4-7(9)5-6-8(10-2)11-3/h5-9H,4H2,1-3H3/i1D3,4D2.